The second-order valence-electron chi connectivity index (χ2n) is 7.28. The summed E-state index contributed by atoms with van der Waals surface area (Å²) in [4.78, 5) is 17.2. The number of H-pyrrole nitrogens is 1. The highest BCUT2D eigenvalue weighted by molar-refractivity contribution is 5.92. The number of nitrogens with zero attached hydrogens (tertiary/aromatic N) is 3. The van der Waals surface area contributed by atoms with Crippen LogP contribution in [0.4, 0.5) is 8.78 Å². The molecule has 1 N–H and O–H groups in total. The van der Waals surface area contributed by atoms with Crippen LogP contribution in [0.15, 0.2) is 36.4 Å². The van der Waals surface area contributed by atoms with Gasteiger partial charge in [-0.15, -0.1) is 0 Å². The number of hydrogen-bond donors (Lipinski definition) is 1. The third-order valence-corrected chi connectivity index (χ3v) is 5.44. The highest BCUT2D eigenvalue weighted by Crippen LogP contribution is 2.32. The zero-order chi connectivity index (χ0) is 19.5. The van der Waals surface area contributed by atoms with Gasteiger partial charge in [0.1, 0.15) is 5.69 Å². The van der Waals surface area contributed by atoms with Gasteiger partial charge in [-0.1, -0.05) is 30.3 Å². The quantitative estimate of drug-likeness (QED) is 0.853. The maximum Gasteiger partial charge on any atom is 0.279 e. The summed E-state index contributed by atoms with van der Waals surface area (Å²) in [5.41, 5.74) is 0.643. The molecule has 0 saturated carbocycles. The van der Waals surface area contributed by atoms with E-state index in [4.69, 9.17) is 4.74 Å². The average Bonchev–Trinajstić information content (AvgIpc) is 3.40. The molecule has 1 aromatic heterocycles. The SMILES string of the molecule is O=C(c1cc(C(F)F)[nH]n1)N1CCO[C@@H](CN2CCCC2)[C@@H]1c1ccccc1. The molecule has 2 aliphatic rings. The Kier molecular flexibility index (Phi) is 5.68. The van der Waals surface area contributed by atoms with Crippen LogP contribution in [0.25, 0.3) is 0 Å². The van der Waals surface area contributed by atoms with Gasteiger partial charge in [-0.2, -0.15) is 5.10 Å². The third kappa shape index (κ3) is 3.93. The first-order valence-corrected chi connectivity index (χ1v) is 9.67. The van der Waals surface area contributed by atoms with Gasteiger partial charge in [-0.3, -0.25) is 9.89 Å². The minimum absolute atomic E-state index is 0.0121. The number of nitrogens with one attached hydrogen (secondary N) is 1. The van der Waals surface area contributed by atoms with Gasteiger partial charge in [0.15, 0.2) is 5.69 Å². The van der Waals surface area contributed by atoms with Gasteiger partial charge in [0.25, 0.3) is 12.3 Å². The van der Waals surface area contributed by atoms with Crippen molar-refractivity contribution < 1.29 is 18.3 Å². The van der Waals surface area contributed by atoms with Crippen molar-refractivity contribution in [3.05, 3.63) is 53.3 Å². The second kappa shape index (κ2) is 8.36. The maximum absolute atomic E-state index is 13.1. The molecule has 3 heterocycles. The molecule has 0 spiro atoms. The number of ether oxygens (including phenoxy) is 1. The number of aromatic nitrogens is 2. The molecule has 2 saturated heterocycles. The molecule has 1 aromatic carbocycles. The van der Waals surface area contributed by atoms with Crippen LogP contribution in [-0.2, 0) is 4.74 Å². The van der Waals surface area contributed by atoms with Crippen LogP contribution in [0, 0.1) is 0 Å². The lowest BCUT2D eigenvalue weighted by molar-refractivity contribution is -0.0708. The summed E-state index contributed by atoms with van der Waals surface area (Å²) in [7, 11) is 0. The number of carbonyl (C=O) groups excluding carboxylic acids is 1. The van der Waals surface area contributed by atoms with Crippen molar-refractivity contribution in [3.8, 4) is 0 Å². The minimum Gasteiger partial charge on any atom is -0.373 e. The van der Waals surface area contributed by atoms with Crippen molar-refractivity contribution in [1.82, 2.24) is 20.0 Å². The highest BCUT2D eigenvalue weighted by atomic mass is 19.3. The molecule has 0 aliphatic carbocycles. The number of halogens is 2. The smallest absolute Gasteiger partial charge is 0.279 e. The van der Waals surface area contributed by atoms with Crippen molar-refractivity contribution in [2.45, 2.75) is 31.4 Å². The normalized spacial score (nSPS) is 23.5. The van der Waals surface area contributed by atoms with E-state index in [9.17, 15) is 13.6 Å². The summed E-state index contributed by atoms with van der Waals surface area (Å²) >= 11 is 0. The summed E-state index contributed by atoms with van der Waals surface area (Å²) in [6.07, 6.45) is -0.511. The predicted molar refractivity (Wildman–Crippen MR) is 99.2 cm³/mol. The number of rotatable bonds is 5. The summed E-state index contributed by atoms with van der Waals surface area (Å²) in [6, 6.07) is 10.6. The third-order valence-electron chi connectivity index (χ3n) is 5.44. The first-order valence-electron chi connectivity index (χ1n) is 9.67. The van der Waals surface area contributed by atoms with Gasteiger partial charge >= 0.3 is 0 Å². The van der Waals surface area contributed by atoms with Crippen LogP contribution >= 0.6 is 0 Å². The molecular weight excluding hydrogens is 366 g/mol. The predicted octanol–water partition coefficient (Wildman–Crippen LogP) is 3.03. The number of aromatic amines is 1. The molecular formula is C20H24F2N4O2. The van der Waals surface area contributed by atoms with Crippen molar-refractivity contribution in [2.24, 2.45) is 0 Å². The van der Waals surface area contributed by atoms with E-state index in [1.54, 1.807) is 4.90 Å². The Balaban J connectivity index is 1.62. The fourth-order valence-corrected chi connectivity index (χ4v) is 4.08. The lowest BCUT2D eigenvalue weighted by Gasteiger charge is -2.42. The van der Waals surface area contributed by atoms with Gasteiger partial charge in [0.05, 0.1) is 18.8 Å². The van der Waals surface area contributed by atoms with Crippen LogP contribution in [0.5, 0.6) is 0 Å². The van der Waals surface area contributed by atoms with Crippen LogP contribution in [-0.4, -0.2) is 64.8 Å². The summed E-state index contributed by atoms with van der Waals surface area (Å²) in [6.45, 7) is 3.62. The van der Waals surface area contributed by atoms with Crippen molar-refractivity contribution >= 4 is 5.91 Å². The van der Waals surface area contributed by atoms with E-state index in [1.165, 1.54) is 12.8 Å². The largest absolute Gasteiger partial charge is 0.373 e. The van der Waals surface area contributed by atoms with E-state index in [0.717, 1.165) is 31.3 Å². The zero-order valence-corrected chi connectivity index (χ0v) is 15.6. The molecule has 2 aliphatic heterocycles. The first kappa shape index (κ1) is 19.0. The van der Waals surface area contributed by atoms with Crippen LogP contribution < -0.4 is 0 Å². The fourth-order valence-electron chi connectivity index (χ4n) is 4.08. The lowest BCUT2D eigenvalue weighted by atomic mass is 9.97. The Morgan fingerprint density at radius 2 is 1.96 bits per heavy atom. The standard InChI is InChI=1S/C20H24F2N4O2/c21-19(22)15-12-16(24-23-15)20(27)26-10-11-28-17(13-25-8-4-5-9-25)18(26)14-6-2-1-3-7-14/h1-3,6-7,12,17-19H,4-5,8-11,13H2,(H,23,24)/t17-,18-/m0/s1. The molecule has 1 amide bonds. The lowest BCUT2D eigenvalue weighted by Crippen LogP contribution is -2.51. The van der Waals surface area contributed by atoms with Crippen LogP contribution in [0.3, 0.4) is 0 Å². The molecule has 8 heteroatoms. The number of likely N-dealkylation sites (tertiary alicyclic amines) is 1. The molecule has 0 unspecified atom stereocenters. The van der Waals surface area contributed by atoms with Gasteiger partial charge in [-0.25, -0.2) is 8.78 Å². The Morgan fingerprint density at radius 3 is 2.64 bits per heavy atom. The molecule has 2 fully saturated rings. The number of morpholine rings is 1. The van der Waals surface area contributed by atoms with Crippen LogP contribution in [0.1, 0.15) is 47.1 Å². The molecule has 150 valence electrons. The minimum atomic E-state index is -2.69. The number of alkyl halides is 2. The highest BCUT2D eigenvalue weighted by Gasteiger charge is 2.38. The number of amides is 1. The van der Waals surface area contributed by atoms with Gasteiger partial charge < -0.3 is 14.5 Å². The Bertz CT molecular complexity index is 793. The Hall–Kier alpha value is -2.32. The fraction of sp³-hybridized carbons (Fsp3) is 0.500. The number of hydrogen-bond acceptors (Lipinski definition) is 4. The molecule has 6 nitrogen and oxygen atoms in total. The van der Waals surface area contributed by atoms with Crippen molar-refractivity contribution in [3.63, 3.8) is 0 Å². The van der Waals surface area contributed by atoms with E-state index >= 15 is 0 Å². The zero-order valence-electron chi connectivity index (χ0n) is 15.6. The van der Waals surface area contributed by atoms with Gasteiger partial charge in [0, 0.05) is 13.1 Å². The summed E-state index contributed by atoms with van der Waals surface area (Å²) < 4.78 is 31.9. The number of benzene rings is 1. The summed E-state index contributed by atoms with van der Waals surface area (Å²) in [5, 5.41) is 6.08. The van der Waals surface area contributed by atoms with E-state index in [1.807, 2.05) is 30.3 Å². The Labute approximate surface area is 162 Å². The van der Waals surface area contributed by atoms with Gasteiger partial charge in [0.2, 0.25) is 0 Å². The first-order chi connectivity index (χ1) is 13.6. The van der Waals surface area contributed by atoms with E-state index in [2.05, 4.69) is 15.1 Å². The van der Waals surface area contributed by atoms with E-state index in [-0.39, 0.29) is 29.4 Å². The van der Waals surface area contributed by atoms with E-state index in [0.29, 0.717) is 13.2 Å². The van der Waals surface area contributed by atoms with Crippen LogP contribution in [0.2, 0.25) is 0 Å². The van der Waals surface area contributed by atoms with Crippen molar-refractivity contribution in [1.29, 1.82) is 0 Å². The van der Waals surface area contributed by atoms with E-state index < -0.39 is 6.43 Å². The van der Waals surface area contributed by atoms with Gasteiger partial charge in [-0.05, 0) is 37.6 Å². The second-order valence-corrected chi connectivity index (χ2v) is 7.28. The summed E-state index contributed by atoms with van der Waals surface area (Å²) in [5.74, 6) is -0.355. The average molecular weight is 390 g/mol. The maximum atomic E-state index is 13.1. The molecule has 2 atom stereocenters. The molecule has 4 rings (SSSR count). The Morgan fingerprint density at radius 1 is 1.21 bits per heavy atom. The molecule has 2 aromatic rings. The molecule has 0 bridgehead atoms. The molecule has 28 heavy (non-hydrogen) atoms. The molecule has 0 radical (unpaired) electrons. The van der Waals surface area contributed by atoms with Crippen molar-refractivity contribution in [2.75, 3.05) is 32.8 Å². The number of carbonyl (C=O) groups is 1. The topological polar surface area (TPSA) is 61.5 Å². The monoisotopic (exact) mass is 390 g/mol.